The van der Waals surface area contributed by atoms with Gasteiger partial charge >= 0.3 is 12.1 Å². The number of carbonyl (C=O) groups excluding carboxylic acids is 2. The molecular weight excluding hydrogens is 404 g/mol. The molecule has 0 radical (unpaired) electrons. The van der Waals surface area contributed by atoms with E-state index in [1.54, 1.807) is 13.0 Å². The Balaban J connectivity index is 1.62. The van der Waals surface area contributed by atoms with Gasteiger partial charge in [0.25, 0.3) is 0 Å². The average Bonchev–Trinajstić information content (AvgIpc) is 3.43. The third-order valence-corrected chi connectivity index (χ3v) is 6.04. The van der Waals surface area contributed by atoms with Gasteiger partial charge in [0, 0.05) is 16.3 Å². The van der Waals surface area contributed by atoms with Crippen molar-refractivity contribution in [3.05, 3.63) is 57.8 Å². The molecule has 30 heavy (non-hydrogen) atoms. The quantitative estimate of drug-likeness (QED) is 0.592. The van der Waals surface area contributed by atoms with Gasteiger partial charge in [0.15, 0.2) is 6.04 Å². The summed E-state index contributed by atoms with van der Waals surface area (Å²) in [5, 5.41) is 13.3. The van der Waals surface area contributed by atoms with E-state index >= 15 is 0 Å². The summed E-state index contributed by atoms with van der Waals surface area (Å²) < 4.78 is 10.2. The zero-order chi connectivity index (χ0) is 21.3. The number of benzene rings is 1. The van der Waals surface area contributed by atoms with Crippen LogP contribution in [0.3, 0.4) is 0 Å². The molecule has 1 fully saturated rings. The number of amides is 1. The van der Waals surface area contributed by atoms with Gasteiger partial charge in [-0.1, -0.05) is 30.3 Å². The minimum Gasteiger partial charge on any atom is -0.464 e. The van der Waals surface area contributed by atoms with Crippen LogP contribution in [0.2, 0.25) is 0 Å². The van der Waals surface area contributed by atoms with Gasteiger partial charge in [0.1, 0.15) is 12.7 Å². The zero-order valence-corrected chi connectivity index (χ0v) is 17.9. The molecule has 8 heteroatoms. The lowest BCUT2D eigenvalue weighted by Crippen LogP contribution is -2.46. The fourth-order valence-corrected chi connectivity index (χ4v) is 4.43. The number of alkyl carbamates (subject to hydrolysis) is 1. The number of carbonyl (C=O) groups is 2. The smallest absolute Gasteiger partial charge is 0.408 e. The van der Waals surface area contributed by atoms with Crippen molar-refractivity contribution in [2.24, 2.45) is 0 Å². The Hall–Kier alpha value is -2.42. The van der Waals surface area contributed by atoms with Gasteiger partial charge in [-0.25, -0.2) is 9.59 Å². The normalized spacial score (nSPS) is 16.1. The Morgan fingerprint density at radius 1 is 1.13 bits per heavy atom. The maximum Gasteiger partial charge on any atom is 0.408 e. The van der Waals surface area contributed by atoms with Crippen molar-refractivity contribution >= 4 is 23.4 Å². The Morgan fingerprint density at radius 3 is 2.57 bits per heavy atom. The lowest BCUT2D eigenvalue weighted by molar-refractivity contribution is -0.148. The summed E-state index contributed by atoms with van der Waals surface area (Å²) in [6.45, 7) is 4.87. The third-order valence-electron chi connectivity index (χ3n) is 4.89. The predicted octanol–water partition coefficient (Wildman–Crippen LogP) is 3.24. The Morgan fingerprint density at radius 2 is 1.87 bits per heavy atom. The lowest BCUT2D eigenvalue weighted by Gasteiger charge is -2.21. The maximum absolute atomic E-state index is 12.4. The molecule has 1 saturated heterocycles. The van der Waals surface area contributed by atoms with Gasteiger partial charge < -0.3 is 19.9 Å². The van der Waals surface area contributed by atoms with Crippen LogP contribution in [0.4, 0.5) is 4.79 Å². The summed E-state index contributed by atoms with van der Waals surface area (Å²) in [6, 6.07) is 11.7. The maximum atomic E-state index is 12.4. The lowest BCUT2D eigenvalue weighted by atomic mass is 10.1. The number of hydrogen-bond acceptors (Lipinski definition) is 7. The van der Waals surface area contributed by atoms with Crippen molar-refractivity contribution in [2.75, 3.05) is 19.7 Å². The van der Waals surface area contributed by atoms with Gasteiger partial charge in [-0.05, 0) is 50.6 Å². The largest absolute Gasteiger partial charge is 0.464 e. The molecule has 1 aromatic heterocycles. The number of likely N-dealkylation sites (tertiary alicyclic amines) is 1. The SMILES string of the molecule is CCOC(=O)C(NC(=O)OCc1ccccc1)C(O)c1ccc(CN2CCCC2)s1. The number of nitrogens with one attached hydrogen (secondary N) is 1. The molecule has 0 bridgehead atoms. The van der Waals surface area contributed by atoms with Crippen molar-refractivity contribution in [3.8, 4) is 0 Å². The molecule has 1 aliphatic heterocycles. The second kappa shape index (κ2) is 11.1. The standard InChI is InChI=1S/C22H28N2O5S/c1-2-28-21(26)19(23-22(27)29-15-16-8-4-3-5-9-16)20(25)18-11-10-17(30-18)14-24-12-6-7-13-24/h3-5,8-11,19-20,25H,2,6-7,12-15H2,1H3,(H,23,27). The number of ether oxygens (including phenoxy) is 2. The van der Waals surface area contributed by atoms with E-state index in [4.69, 9.17) is 9.47 Å². The van der Waals surface area contributed by atoms with Gasteiger partial charge in [0.05, 0.1) is 6.61 Å². The molecule has 1 aliphatic rings. The Bertz CT molecular complexity index is 820. The highest BCUT2D eigenvalue weighted by atomic mass is 32.1. The minimum absolute atomic E-state index is 0.0668. The Labute approximate surface area is 180 Å². The third kappa shape index (κ3) is 6.29. The predicted molar refractivity (Wildman–Crippen MR) is 114 cm³/mol. The molecular formula is C22H28N2O5S. The molecule has 2 unspecified atom stereocenters. The molecule has 2 heterocycles. The van der Waals surface area contributed by atoms with Crippen LogP contribution < -0.4 is 5.32 Å². The van der Waals surface area contributed by atoms with Crippen molar-refractivity contribution in [1.82, 2.24) is 10.2 Å². The second-order valence-electron chi connectivity index (χ2n) is 7.17. The number of thiophene rings is 1. The summed E-state index contributed by atoms with van der Waals surface area (Å²) >= 11 is 1.44. The van der Waals surface area contributed by atoms with E-state index in [9.17, 15) is 14.7 Å². The van der Waals surface area contributed by atoms with Gasteiger partial charge in [-0.15, -0.1) is 11.3 Å². The molecule has 0 saturated carbocycles. The second-order valence-corrected chi connectivity index (χ2v) is 8.37. The Kier molecular flexibility index (Phi) is 8.24. The first-order valence-corrected chi connectivity index (χ1v) is 11.0. The van der Waals surface area contributed by atoms with Gasteiger partial charge in [0.2, 0.25) is 0 Å². The summed E-state index contributed by atoms with van der Waals surface area (Å²) in [4.78, 5) is 28.7. The highest BCUT2D eigenvalue weighted by Crippen LogP contribution is 2.28. The summed E-state index contributed by atoms with van der Waals surface area (Å²) in [5.41, 5.74) is 0.825. The molecule has 0 aliphatic carbocycles. The summed E-state index contributed by atoms with van der Waals surface area (Å²) in [6.07, 6.45) is 0.414. The molecule has 2 aromatic rings. The number of aliphatic hydroxyl groups is 1. The van der Waals surface area contributed by atoms with Crippen LogP contribution >= 0.6 is 11.3 Å². The van der Waals surface area contributed by atoms with Gasteiger partial charge in [-0.2, -0.15) is 0 Å². The fraction of sp³-hybridized carbons (Fsp3) is 0.455. The van der Waals surface area contributed by atoms with E-state index in [0.717, 1.165) is 30.1 Å². The first-order chi connectivity index (χ1) is 14.6. The number of hydrogen-bond donors (Lipinski definition) is 2. The van der Waals surface area contributed by atoms with Crippen molar-refractivity contribution < 1.29 is 24.2 Å². The number of rotatable bonds is 9. The van der Waals surface area contributed by atoms with E-state index in [-0.39, 0.29) is 13.2 Å². The van der Waals surface area contributed by atoms with Crippen LogP contribution in [0, 0.1) is 0 Å². The topological polar surface area (TPSA) is 88.1 Å². The van der Waals surface area contributed by atoms with Crippen LogP contribution in [0.25, 0.3) is 0 Å². The highest BCUT2D eigenvalue weighted by Gasteiger charge is 2.32. The molecule has 2 atom stereocenters. The van der Waals surface area contributed by atoms with Gasteiger partial charge in [-0.3, -0.25) is 4.90 Å². The summed E-state index contributed by atoms with van der Waals surface area (Å²) in [7, 11) is 0. The molecule has 3 rings (SSSR count). The fourth-order valence-electron chi connectivity index (χ4n) is 3.35. The summed E-state index contributed by atoms with van der Waals surface area (Å²) in [5.74, 6) is -0.698. The van der Waals surface area contributed by atoms with E-state index in [1.165, 1.54) is 24.2 Å². The van der Waals surface area contributed by atoms with E-state index in [2.05, 4.69) is 10.2 Å². The molecule has 1 aromatic carbocycles. The van der Waals surface area contributed by atoms with Crippen LogP contribution in [0.5, 0.6) is 0 Å². The monoisotopic (exact) mass is 432 g/mol. The van der Waals surface area contributed by atoms with Crippen LogP contribution in [0.15, 0.2) is 42.5 Å². The zero-order valence-electron chi connectivity index (χ0n) is 17.1. The van der Waals surface area contributed by atoms with E-state index in [0.29, 0.717) is 4.88 Å². The molecule has 162 valence electrons. The first-order valence-electron chi connectivity index (χ1n) is 10.2. The number of esters is 1. The number of aliphatic hydroxyl groups excluding tert-OH is 1. The van der Waals surface area contributed by atoms with Crippen LogP contribution in [-0.4, -0.2) is 47.8 Å². The molecule has 7 nitrogen and oxygen atoms in total. The molecule has 0 spiro atoms. The van der Waals surface area contributed by atoms with Crippen molar-refractivity contribution in [3.63, 3.8) is 0 Å². The minimum atomic E-state index is -1.24. The van der Waals surface area contributed by atoms with Crippen LogP contribution in [0.1, 0.15) is 41.2 Å². The van der Waals surface area contributed by atoms with Crippen LogP contribution in [-0.2, 0) is 27.4 Å². The first kappa shape index (κ1) is 22.3. The molecule has 1 amide bonds. The van der Waals surface area contributed by atoms with E-state index < -0.39 is 24.2 Å². The van der Waals surface area contributed by atoms with Crippen molar-refractivity contribution in [2.45, 2.75) is 45.1 Å². The highest BCUT2D eigenvalue weighted by molar-refractivity contribution is 7.12. The van der Waals surface area contributed by atoms with Crippen molar-refractivity contribution in [1.29, 1.82) is 0 Å². The number of nitrogens with zero attached hydrogens (tertiary/aromatic N) is 1. The van der Waals surface area contributed by atoms with E-state index in [1.807, 2.05) is 36.4 Å². The molecule has 2 N–H and O–H groups in total. The average molecular weight is 433 g/mol.